The first-order valence-electron chi connectivity index (χ1n) is 9.32. The number of sulfone groups is 1. The molecule has 2 aromatic rings. The van der Waals surface area contributed by atoms with Crippen LogP contribution in [0, 0.1) is 0 Å². The van der Waals surface area contributed by atoms with E-state index in [1.54, 1.807) is 58.9 Å². The number of rotatable bonds is 5. The Balaban J connectivity index is 1.57. The Hall–Kier alpha value is -1.41. The minimum Gasteiger partial charge on any atom is -0.223 e. The molecule has 0 spiro atoms. The first kappa shape index (κ1) is 19.9. The third-order valence-corrected chi connectivity index (χ3v) is 10.2. The summed E-state index contributed by atoms with van der Waals surface area (Å²) >= 11 is 6.15. The Bertz CT molecular complexity index is 1060. The molecule has 2 heterocycles. The lowest BCUT2D eigenvalue weighted by Gasteiger charge is -2.37. The van der Waals surface area contributed by atoms with E-state index in [2.05, 4.69) is 0 Å². The Kier molecular flexibility index (Phi) is 5.29. The third kappa shape index (κ3) is 3.61. The van der Waals surface area contributed by atoms with Crippen LogP contribution in [0.4, 0.5) is 0 Å². The summed E-state index contributed by atoms with van der Waals surface area (Å²) in [6, 6.07) is 14.8. The van der Waals surface area contributed by atoms with E-state index in [4.69, 9.17) is 11.6 Å². The number of fused-ring (bicyclic) bond motifs is 2. The van der Waals surface area contributed by atoms with Crippen LogP contribution in [0.1, 0.15) is 31.2 Å². The second-order valence-corrected chi connectivity index (χ2v) is 12.0. The first-order chi connectivity index (χ1) is 13.3. The van der Waals surface area contributed by atoms with Crippen LogP contribution in [-0.4, -0.2) is 38.5 Å². The van der Waals surface area contributed by atoms with Crippen molar-refractivity contribution >= 4 is 31.5 Å². The Morgan fingerprint density at radius 1 is 0.857 bits per heavy atom. The second kappa shape index (κ2) is 7.44. The number of halogens is 1. The number of benzene rings is 2. The van der Waals surface area contributed by atoms with Crippen LogP contribution in [0.3, 0.4) is 0 Å². The summed E-state index contributed by atoms with van der Waals surface area (Å²) in [5, 5.41) is -0.112. The predicted molar refractivity (Wildman–Crippen MR) is 109 cm³/mol. The molecular weight excluding hydrogens is 418 g/mol. The Morgan fingerprint density at radius 2 is 1.43 bits per heavy atom. The predicted octanol–water partition coefficient (Wildman–Crippen LogP) is 3.64. The van der Waals surface area contributed by atoms with Crippen molar-refractivity contribution in [2.24, 2.45) is 0 Å². The van der Waals surface area contributed by atoms with Crippen molar-refractivity contribution in [2.45, 2.75) is 53.7 Å². The zero-order chi connectivity index (χ0) is 19.9. The highest BCUT2D eigenvalue weighted by molar-refractivity contribution is 7.92. The summed E-state index contributed by atoms with van der Waals surface area (Å²) in [5.41, 5.74) is 0.572. The maximum atomic E-state index is 13.1. The fraction of sp³-hybridized carbons (Fsp3) is 0.400. The molecule has 2 atom stereocenters. The zero-order valence-corrected chi connectivity index (χ0v) is 17.6. The minimum absolute atomic E-state index is 0.157. The molecule has 0 saturated carbocycles. The second-order valence-electron chi connectivity index (χ2n) is 7.51. The van der Waals surface area contributed by atoms with Crippen LogP contribution >= 0.6 is 11.6 Å². The molecule has 8 heteroatoms. The van der Waals surface area contributed by atoms with Gasteiger partial charge in [-0.15, -0.1) is 0 Å². The van der Waals surface area contributed by atoms with Crippen molar-refractivity contribution in [3.8, 4) is 0 Å². The quantitative estimate of drug-likeness (QED) is 0.713. The maximum Gasteiger partial charge on any atom is 0.218 e. The van der Waals surface area contributed by atoms with E-state index < -0.39 is 25.1 Å². The molecule has 0 N–H and O–H groups in total. The molecule has 2 saturated heterocycles. The van der Waals surface area contributed by atoms with E-state index in [0.717, 1.165) is 0 Å². The number of sulfonamides is 1. The summed E-state index contributed by atoms with van der Waals surface area (Å²) in [6.45, 7) is 0. The van der Waals surface area contributed by atoms with E-state index in [9.17, 15) is 16.8 Å². The largest absolute Gasteiger partial charge is 0.223 e. The number of hydrogen-bond donors (Lipinski definition) is 0. The van der Waals surface area contributed by atoms with Gasteiger partial charge in [0.25, 0.3) is 0 Å². The molecule has 0 aliphatic carbocycles. The molecule has 2 fully saturated rings. The van der Waals surface area contributed by atoms with Gasteiger partial charge in [-0.05, 0) is 49.4 Å². The van der Waals surface area contributed by atoms with Gasteiger partial charge in [-0.3, -0.25) is 0 Å². The maximum absolute atomic E-state index is 13.1. The van der Waals surface area contributed by atoms with Crippen molar-refractivity contribution in [2.75, 3.05) is 0 Å². The van der Waals surface area contributed by atoms with Gasteiger partial charge in [0.2, 0.25) is 10.0 Å². The molecule has 150 valence electrons. The monoisotopic (exact) mass is 439 g/mol. The molecule has 2 aromatic carbocycles. The minimum atomic E-state index is -3.57. The fourth-order valence-corrected chi connectivity index (χ4v) is 8.72. The van der Waals surface area contributed by atoms with E-state index >= 15 is 0 Å². The summed E-state index contributed by atoms with van der Waals surface area (Å²) in [4.78, 5) is 0.312. The summed E-state index contributed by atoms with van der Waals surface area (Å²) in [6.07, 6.45) is 2.09. The standard InChI is InChI=1S/C20H22ClNO4S2/c21-20-9-5-4-6-15(20)14-27(23,24)22-16-10-11-17(22)13-19(12-16)28(25,26)18-7-2-1-3-8-18/h1-9,16-17,19H,10-14H2. The summed E-state index contributed by atoms with van der Waals surface area (Å²) < 4.78 is 53.8. The first-order valence-corrected chi connectivity index (χ1v) is 12.9. The molecule has 5 nitrogen and oxygen atoms in total. The molecule has 2 unspecified atom stereocenters. The number of piperidine rings is 1. The van der Waals surface area contributed by atoms with Crippen molar-refractivity contribution < 1.29 is 16.8 Å². The Morgan fingerprint density at radius 3 is 2.04 bits per heavy atom. The van der Waals surface area contributed by atoms with Crippen molar-refractivity contribution in [3.05, 3.63) is 65.2 Å². The Labute approximate surface area is 171 Å². The molecular formula is C20H22ClNO4S2. The van der Waals surface area contributed by atoms with Crippen LogP contribution in [0.25, 0.3) is 0 Å². The van der Waals surface area contributed by atoms with E-state index in [1.807, 2.05) is 0 Å². The van der Waals surface area contributed by atoms with E-state index in [1.165, 1.54) is 0 Å². The highest BCUT2D eigenvalue weighted by Gasteiger charge is 2.49. The van der Waals surface area contributed by atoms with E-state index in [0.29, 0.717) is 41.2 Å². The SMILES string of the molecule is O=S(=O)(c1ccccc1)C1CC2CCC(C1)N2S(=O)(=O)Cc1ccccc1Cl. The molecule has 0 radical (unpaired) electrons. The smallest absolute Gasteiger partial charge is 0.218 e. The molecule has 0 amide bonds. The lowest BCUT2D eigenvalue weighted by atomic mass is 10.1. The van der Waals surface area contributed by atoms with Gasteiger partial charge in [-0.2, -0.15) is 4.31 Å². The fourth-order valence-electron chi connectivity index (χ4n) is 4.48. The van der Waals surface area contributed by atoms with E-state index in [-0.39, 0.29) is 17.8 Å². The van der Waals surface area contributed by atoms with Gasteiger partial charge >= 0.3 is 0 Å². The average molecular weight is 440 g/mol. The van der Waals surface area contributed by atoms with Crippen LogP contribution in [0.15, 0.2) is 59.5 Å². The summed E-state index contributed by atoms with van der Waals surface area (Å²) in [7, 11) is -7.04. The number of nitrogens with zero attached hydrogens (tertiary/aromatic N) is 1. The molecule has 4 rings (SSSR count). The van der Waals surface area contributed by atoms with Gasteiger partial charge in [0.05, 0.1) is 15.9 Å². The van der Waals surface area contributed by atoms with Crippen molar-refractivity contribution in [3.63, 3.8) is 0 Å². The molecule has 2 aliphatic rings. The molecule has 2 bridgehead atoms. The van der Waals surface area contributed by atoms with Gasteiger partial charge in [-0.25, -0.2) is 16.8 Å². The van der Waals surface area contributed by atoms with Crippen molar-refractivity contribution in [1.29, 1.82) is 0 Å². The molecule has 28 heavy (non-hydrogen) atoms. The third-order valence-electron chi connectivity index (χ3n) is 5.75. The van der Waals surface area contributed by atoms with Crippen molar-refractivity contribution in [1.82, 2.24) is 4.31 Å². The average Bonchev–Trinajstić information content (AvgIpc) is 2.95. The molecule has 0 aromatic heterocycles. The topological polar surface area (TPSA) is 71.5 Å². The highest BCUT2D eigenvalue weighted by atomic mass is 35.5. The lowest BCUT2D eigenvalue weighted by molar-refractivity contribution is 0.248. The highest BCUT2D eigenvalue weighted by Crippen LogP contribution is 2.42. The van der Waals surface area contributed by atoms with Crippen LogP contribution in [0.2, 0.25) is 5.02 Å². The normalized spacial score (nSPS) is 25.7. The van der Waals surface area contributed by atoms with Gasteiger partial charge in [0.15, 0.2) is 9.84 Å². The van der Waals surface area contributed by atoms with Crippen LogP contribution in [-0.2, 0) is 25.6 Å². The zero-order valence-electron chi connectivity index (χ0n) is 15.2. The summed E-state index contributed by atoms with van der Waals surface area (Å²) in [5.74, 6) is -0.157. The van der Waals surface area contributed by atoms with Gasteiger partial charge in [-0.1, -0.05) is 48.0 Å². The molecule has 2 aliphatic heterocycles. The van der Waals surface area contributed by atoms with Crippen LogP contribution < -0.4 is 0 Å². The lowest BCUT2D eigenvalue weighted by Crippen LogP contribution is -2.49. The van der Waals surface area contributed by atoms with Gasteiger partial charge in [0, 0.05) is 17.1 Å². The van der Waals surface area contributed by atoms with Gasteiger partial charge in [0.1, 0.15) is 0 Å². The van der Waals surface area contributed by atoms with Crippen LogP contribution in [0.5, 0.6) is 0 Å². The number of hydrogen-bond acceptors (Lipinski definition) is 4. The van der Waals surface area contributed by atoms with Gasteiger partial charge < -0.3 is 0 Å².